The minimum Gasteiger partial charge on any atom is -0.465 e. The monoisotopic (exact) mass is 289 g/mol. The number of hydrogen-bond donors (Lipinski definition) is 0. The SMILES string of the molecule is CCc1cc(C#N)c(C(=O)OC)c(SC(F)(F)F)c1. The van der Waals surface area contributed by atoms with Gasteiger partial charge >= 0.3 is 11.5 Å². The molecule has 0 unspecified atom stereocenters. The van der Waals surface area contributed by atoms with Crippen LogP contribution in [0.5, 0.6) is 0 Å². The molecule has 0 aliphatic heterocycles. The highest BCUT2D eigenvalue weighted by atomic mass is 32.2. The molecule has 0 radical (unpaired) electrons. The van der Waals surface area contributed by atoms with Crippen LogP contribution in [0.4, 0.5) is 13.2 Å². The Bertz CT molecular complexity index is 535. The zero-order chi connectivity index (χ0) is 14.6. The Kier molecular flexibility index (Phi) is 4.84. The molecule has 0 saturated carbocycles. The quantitative estimate of drug-likeness (QED) is 0.631. The average molecular weight is 289 g/mol. The number of esters is 1. The maximum atomic E-state index is 12.5. The largest absolute Gasteiger partial charge is 0.465 e. The van der Waals surface area contributed by atoms with E-state index < -0.39 is 23.2 Å². The minimum absolute atomic E-state index is 0.113. The van der Waals surface area contributed by atoms with E-state index in [0.29, 0.717) is 12.0 Å². The number of aryl methyl sites for hydroxylation is 1. The van der Waals surface area contributed by atoms with Crippen molar-refractivity contribution in [3.63, 3.8) is 0 Å². The molecule has 102 valence electrons. The number of alkyl halides is 3. The van der Waals surface area contributed by atoms with Gasteiger partial charge in [-0.1, -0.05) is 6.92 Å². The predicted octanol–water partition coefficient (Wildman–Crippen LogP) is 3.52. The van der Waals surface area contributed by atoms with E-state index >= 15 is 0 Å². The Hall–Kier alpha value is -1.68. The second-order valence-electron chi connectivity index (χ2n) is 3.52. The summed E-state index contributed by atoms with van der Waals surface area (Å²) in [7, 11) is 1.05. The number of hydrogen-bond acceptors (Lipinski definition) is 4. The van der Waals surface area contributed by atoms with Crippen molar-refractivity contribution in [2.24, 2.45) is 0 Å². The van der Waals surface area contributed by atoms with Crippen molar-refractivity contribution in [1.82, 2.24) is 0 Å². The number of carbonyl (C=O) groups is 1. The van der Waals surface area contributed by atoms with Crippen LogP contribution < -0.4 is 0 Å². The lowest BCUT2D eigenvalue weighted by atomic mass is 10.0. The van der Waals surface area contributed by atoms with Gasteiger partial charge in [0, 0.05) is 4.90 Å². The van der Waals surface area contributed by atoms with E-state index in [2.05, 4.69) is 4.74 Å². The Morgan fingerprint density at radius 1 is 1.47 bits per heavy atom. The van der Waals surface area contributed by atoms with Gasteiger partial charge in [-0.25, -0.2) is 4.79 Å². The lowest BCUT2D eigenvalue weighted by molar-refractivity contribution is -0.0328. The molecule has 0 fully saturated rings. The predicted molar refractivity (Wildman–Crippen MR) is 63.8 cm³/mol. The van der Waals surface area contributed by atoms with E-state index in [1.165, 1.54) is 12.1 Å². The number of benzene rings is 1. The Morgan fingerprint density at radius 2 is 2.11 bits per heavy atom. The van der Waals surface area contributed by atoms with Crippen LogP contribution in [0.2, 0.25) is 0 Å². The van der Waals surface area contributed by atoms with Crippen LogP contribution in [0.3, 0.4) is 0 Å². The van der Waals surface area contributed by atoms with Gasteiger partial charge in [0.1, 0.15) is 6.07 Å². The average Bonchev–Trinajstić information content (AvgIpc) is 2.34. The minimum atomic E-state index is -4.54. The lowest BCUT2D eigenvalue weighted by Gasteiger charge is -2.12. The summed E-state index contributed by atoms with van der Waals surface area (Å²) in [6, 6.07) is 4.38. The van der Waals surface area contributed by atoms with Gasteiger partial charge in [0.25, 0.3) is 0 Å². The van der Waals surface area contributed by atoms with Crippen molar-refractivity contribution in [2.45, 2.75) is 23.7 Å². The third kappa shape index (κ3) is 3.89. The molecule has 0 N–H and O–H groups in total. The van der Waals surface area contributed by atoms with Crippen LogP contribution in [-0.2, 0) is 11.2 Å². The van der Waals surface area contributed by atoms with Crippen molar-refractivity contribution in [1.29, 1.82) is 5.26 Å². The van der Waals surface area contributed by atoms with Gasteiger partial charge in [-0.2, -0.15) is 18.4 Å². The standard InChI is InChI=1S/C12H10F3NO2S/c1-3-7-4-8(6-16)10(11(17)18-2)9(5-7)19-12(13,14)15/h4-5H,3H2,1-2H3. The van der Waals surface area contributed by atoms with Gasteiger partial charge in [0.2, 0.25) is 0 Å². The number of halogens is 3. The highest BCUT2D eigenvalue weighted by Gasteiger charge is 2.33. The van der Waals surface area contributed by atoms with Crippen LogP contribution in [-0.4, -0.2) is 18.6 Å². The van der Waals surface area contributed by atoms with E-state index in [0.717, 1.165) is 7.11 Å². The maximum absolute atomic E-state index is 12.5. The molecule has 0 bridgehead atoms. The van der Waals surface area contributed by atoms with E-state index in [-0.39, 0.29) is 16.0 Å². The zero-order valence-electron chi connectivity index (χ0n) is 10.2. The van der Waals surface area contributed by atoms with Crippen LogP contribution in [0.15, 0.2) is 17.0 Å². The molecule has 7 heteroatoms. The lowest BCUT2D eigenvalue weighted by Crippen LogP contribution is -2.10. The molecule has 19 heavy (non-hydrogen) atoms. The highest BCUT2D eigenvalue weighted by Crippen LogP contribution is 2.40. The molecule has 0 aromatic heterocycles. The number of carbonyl (C=O) groups excluding carboxylic acids is 1. The van der Waals surface area contributed by atoms with Crippen LogP contribution in [0, 0.1) is 11.3 Å². The summed E-state index contributed by atoms with van der Waals surface area (Å²) >= 11 is -0.422. The number of methoxy groups -OCH3 is 1. The summed E-state index contributed by atoms with van der Waals surface area (Å²) < 4.78 is 41.9. The number of nitriles is 1. The topological polar surface area (TPSA) is 50.1 Å². The van der Waals surface area contributed by atoms with E-state index in [1.807, 2.05) is 0 Å². The normalized spacial score (nSPS) is 10.9. The van der Waals surface area contributed by atoms with Crippen molar-refractivity contribution < 1.29 is 22.7 Å². The summed E-state index contributed by atoms with van der Waals surface area (Å²) in [5, 5.41) is 8.96. The molecule has 1 aromatic carbocycles. The fraction of sp³-hybridized carbons (Fsp3) is 0.333. The van der Waals surface area contributed by atoms with E-state index in [4.69, 9.17) is 5.26 Å². The van der Waals surface area contributed by atoms with Crippen molar-refractivity contribution >= 4 is 17.7 Å². The fourth-order valence-corrected chi connectivity index (χ4v) is 2.24. The molecule has 1 aromatic rings. The zero-order valence-corrected chi connectivity index (χ0v) is 11.0. The summed E-state index contributed by atoms with van der Waals surface area (Å²) in [5.74, 6) is -0.953. The smallest absolute Gasteiger partial charge is 0.446 e. The molecule has 0 heterocycles. The Labute approximate surface area is 112 Å². The summed E-state index contributed by atoms with van der Waals surface area (Å²) in [6.45, 7) is 1.75. The molecule has 0 saturated heterocycles. The third-order valence-electron chi connectivity index (χ3n) is 2.31. The second kappa shape index (κ2) is 5.97. The van der Waals surface area contributed by atoms with Crippen molar-refractivity contribution in [3.05, 3.63) is 28.8 Å². The number of rotatable bonds is 3. The third-order valence-corrected chi connectivity index (χ3v) is 3.08. The van der Waals surface area contributed by atoms with E-state index in [1.54, 1.807) is 13.0 Å². The first-order valence-electron chi connectivity index (χ1n) is 5.23. The maximum Gasteiger partial charge on any atom is 0.446 e. The molecule has 1 rings (SSSR count). The first-order chi connectivity index (χ1) is 8.82. The van der Waals surface area contributed by atoms with Gasteiger partial charge in [0.05, 0.1) is 18.2 Å². The van der Waals surface area contributed by atoms with Gasteiger partial charge in [-0.3, -0.25) is 0 Å². The van der Waals surface area contributed by atoms with Crippen molar-refractivity contribution in [3.8, 4) is 6.07 Å². The Balaban J connectivity index is 3.47. The van der Waals surface area contributed by atoms with Gasteiger partial charge in [-0.05, 0) is 35.9 Å². The Morgan fingerprint density at radius 3 is 2.53 bits per heavy atom. The highest BCUT2D eigenvalue weighted by molar-refractivity contribution is 8.00. The summed E-state index contributed by atoms with van der Waals surface area (Å²) in [5.41, 5.74) is -4.44. The van der Waals surface area contributed by atoms with Gasteiger partial charge in [-0.15, -0.1) is 0 Å². The molecule has 0 spiro atoms. The molecule has 0 atom stereocenters. The molecule has 0 aliphatic rings. The van der Waals surface area contributed by atoms with Crippen LogP contribution in [0.25, 0.3) is 0 Å². The van der Waals surface area contributed by atoms with Crippen LogP contribution in [0.1, 0.15) is 28.4 Å². The summed E-state index contributed by atoms with van der Waals surface area (Å²) in [4.78, 5) is 11.2. The second-order valence-corrected chi connectivity index (χ2v) is 4.63. The molecule has 0 amide bonds. The fourth-order valence-electron chi connectivity index (χ4n) is 1.48. The molecular formula is C12H10F3NO2S. The molecule has 3 nitrogen and oxygen atoms in total. The number of nitrogens with zero attached hydrogens (tertiary/aromatic N) is 1. The van der Waals surface area contributed by atoms with Crippen molar-refractivity contribution in [2.75, 3.05) is 7.11 Å². The molecular weight excluding hydrogens is 279 g/mol. The van der Waals surface area contributed by atoms with E-state index in [9.17, 15) is 18.0 Å². The summed E-state index contributed by atoms with van der Waals surface area (Å²) in [6.07, 6.45) is 0.460. The van der Waals surface area contributed by atoms with Crippen LogP contribution >= 0.6 is 11.8 Å². The van der Waals surface area contributed by atoms with Gasteiger partial charge in [0.15, 0.2) is 0 Å². The first-order valence-corrected chi connectivity index (χ1v) is 6.05. The first kappa shape index (κ1) is 15.4. The van der Waals surface area contributed by atoms with Gasteiger partial charge < -0.3 is 4.74 Å². The molecule has 0 aliphatic carbocycles. The number of thioether (sulfide) groups is 1. The number of ether oxygens (including phenoxy) is 1.